The molecular weight excluding hydrogens is 432 g/mol. The van der Waals surface area contributed by atoms with Crippen molar-refractivity contribution in [3.05, 3.63) is 41.6 Å². The van der Waals surface area contributed by atoms with Crippen molar-refractivity contribution < 1.29 is 14.3 Å². The second-order valence-corrected chi connectivity index (χ2v) is 8.20. The number of thioether (sulfide) groups is 1. The zero-order valence-corrected chi connectivity index (χ0v) is 19.9. The van der Waals surface area contributed by atoms with Crippen LogP contribution in [0.2, 0.25) is 0 Å². The van der Waals surface area contributed by atoms with Crippen LogP contribution in [-0.2, 0) is 11.2 Å². The van der Waals surface area contributed by atoms with Gasteiger partial charge in [0.05, 0.1) is 31.2 Å². The van der Waals surface area contributed by atoms with E-state index in [1.54, 1.807) is 24.9 Å². The average Bonchev–Trinajstić information content (AvgIpc) is 2.83. The first-order chi connectivity index (χ1) is 15.0. The predicted molar refractivity (Wildman–Crippen MR) is 130 cm³/mol. The Bertz CT molecular complexity index is 946. The average molecular weight is 461 g/mol. The molecule has 9 heteroatoms. The number of carbonyl (C=O) groups excluding carboxylic acids is 1. The predicted octanol–water partition coefficient (Wildman–Crippen LogP) is 3.68. The van der Waals surface area contributed by atoms with E-state index in [0.717, 1.165) is 26.2 Å². The van der Waals surface area contributed by atoms with E-state index in [0.29, 0.717) is 34.4 Å². The van der Waals surface area contributed by atoms with E-state index < -0.39 is 5.97 Å². The summed E-state index contributed by atoms with van der Waals surface area (Å²) in [5.41, 5.74) is 2.85. The van der Waals surface area contributed by atoms with Gasteiger partial charge in [0.15, 0.2) is 5.11 Å². The summed E-state index contributed by atoms with van der Waals surface area (Å²) in [5, 5.41) is 3.80. The molecule has 0 unspecified atom stereocenters. The van der Waals surface area contributed by atoms with Gasteiger partial charge in [-0.3, -0.25) is 0 Å². The normalized spacial score (nSPS) is 13.7. The van der Waals surface area contributed by atoms with Gasteiger partial charge in [0, 0.05) is 31.1 Å². The number of aromatic nitrogens is 1. The van der Waals surface area contributed by atoms with Crippen LogP contribution < -0.4 is 15.0 Å². The molecule has 0 aliphatic carbocycles. The largest absolute Gasteiger partial charge is 0.480 e. The second kappa shape index (κ2) is 10.7. The summed E-state index contributed by atoms with van der Waals surface area (Å²) in [4.78, 5) is 22.4. The third-order valence-electron chi connectivity index (χ3n) is 5.23. The molecule has 0 radical (unpaired) electrons. The summed E-state index contributed by atoms with van der Waals surface area (Å²) in [6, 6.07) is 10.2. The monoisotopic (exact) mass is 460 g/mol. The van der Waals surface area contributed by atoms with Crippen molar-refractivity contribution in [2.45, 2.75) is 18.2 Å². The highest BCUT2D eigenvalue weighted by molar-refractivity contribution is 7.98. The number of anilines is 2. The van der Waals surface area contributed by atoms with Gasteiger partial charge in [0.1, 0.15) is 5.69 Å². The lowest BCUT2D eigenvalue weighted by atomic mass is 10.1. The van der Waals surface area contributed by atoms with Crippen LogP contribution in [0.3, 0.4) is 0 Å². The van der Waals surface area contributed by atoms with Crippen molar-refractivity contribution in [1.29, 1.82) is 0 Å². The molecule has 1 saturated heterocycles. The molecule has 0 saturated carbocycles. The summed E-state index contributed by atoms with van der Waals surface area (Å²) >= 11 is 7.42. The summed E-state index contributed by atoms with van der Waals surface area (Å²) in [7, 11) is 2.91. The lowest BCUT2D eigenvalue weighted by Gasteiger charge is -2.38. The van der Waals surface area contributed by atoms with Gasteiger partial charge in [-0.25, -0.2) is 9.78 Å². The Morgan fingerprint density at radius 2 is 1.94 bits per heavy atom. The van der Waals surface area contributed by atoms with Crippen molar-refractivity contribution in [2.24, 2.45) is 0 Å². The van der Waals surface area contributed by atoms with E-state index in [1.165, 1.54) is 17.7 Å². The molecule has 31 heavy (non-hydrogen) atoms. The molecule has 1 aliphatic rings. The van der Waals surface area contributed by atoms with Gasteiger partial charge in [0.25, 0.3) is 0 Å². The molecule has 1 aromatic carbocycles. The molecule has 2 heterocycles. The zero-order valence-electron chi connectivity index (χ0n) is 18.3. The number of piperazine rings is 1. The van der Waals surface area contributed by atoms with Crippen LogP contribution in [0.1, 0.15) is 23.0 Å². The van der Waals surface area contributed by atoms with Crippen molar-refractivity contribution in [3.8, 4) is 5.88 Å². The van der Waals surface area contributed by atoms with Crippen LogP contribution in [-0.4, -0.2) is 67.6 Å². The summed E-state index contributed by atoms with van der Waals surface area (Å²) in [6.45, 7) is 5.26. The maximum absolute atomic E-state index is 12.2. The topological polar surface area (TPSA) is 66.9 Å². The maximum atomic E-state index is 12.2. The van der Waals surface area contributed by atoms with Crippen molar-refractivity contribution >= 4 is 46.4 Å². The van der Waals surface area contributed by atoms with Gasteiger partial charge in [-0.1, -0.05) is 19.1 Å². The Morgan fingerprint density at radius 1 is 1.23 bits per heavy atom. The first kappa shape index (κ1) is 23.1. The molecule has 0 atom stereocenters. The smallest absolute Gasteiger partial charge is 0.339 e. The molecule has 0 spiro atoms. The number of pyridine rings is 1. The van der Waals surface area contributed by atoms with Crippen LogP contribution in [0.5, 0.6) is 5.88 Å². The number of methoxy groups -OCH3 is 2. The highest BCUT2D eigenvalue weighted by Crippen LogP contribution is 2.30. The fourth-order valence-electron chi connectivity index (χ4n) is 3.57. The minimum absolute atomic E-state index is 0.402. The van der Waals surface area contributed by atoms with Crippen molar-refractivity contribution in [3.63, 3.8) is 0 Å². The second-order valence-electron chi connectivity index (χ2n) is 6.96. The Kier molecular flexibility index (Phi) is 7.97. The molecule has 166 valence electrons. The number of rotatable bonds is 6. The highest BCUT2D eigenvalue weighted by atomic mass is 32.2. The molecular formula is C22H28N4O3S2. The zero-order chi connectivity index (χ0) is 22.4. The number of aryl methyl sites for hydroxylation is 1. The number of nitrogens with zero attached hydrogens (tertiary/aromatic N) is 3. The Hall–Kier alpha value is -2.52. The molecule has 0 bridgehead atoms. The van der Waals surface area contributed by atoms with Crippen LogP contribution >= 0.6 is 24.0 Å². The van der Waals surface area contributed by atoms with E-state index in [4.69, 9.17) is 21.7 Å². The first-order valence-corrected chi connectivity index (χ1v) is 11.8. The standard InChI is InChI=1S/C22H28N4O3S2/c1-5-16-15(21(27)29-3)14-17(20(23-16)28-2)24-22(30)26-12-10-25(11-13-26)18-8-6-7-9-19(18)31-4/h6-9,14H,5,10-13H2,1-4H3,(H,24,30). The Morgan fingerprint density at radius 3 is 2.55 bits per heavy atom. The summed E-state index contributed by atoms with van der Waals surface area (Å²) < 4.78 is 10.3. The molecule has 2 aromatic rings. The van der Waals surface area contributed by atoms with Gasteiger partial charge in [-0.15, -0.1) is 11.8 Å². The van der Waals surface area contributed by atoms with Crippen LogP contribution in [0.25, 0.3) is 0 Å². The molecule has 1 aliphatic heterocycles. The van der Waals surface area contributed by atoms with E-state index in [-0.39, 0.29) is 0 Å². The lowest BCUT2D eigenvalue weighted by Crippen LogP contribution is -2.50. The van der Waals surface area contributed by atoms with Gasteiger partial charge in [-0.05, 0) is 43.1 Å². The minimum atomic E-state index is -0.429. The summed E-state index contributed by atoms with van der Waals surface area (Å²) in [6.07, 6.45) is 2.69. The third kappa shape index (κ3) is 5.22. The van der Waals surface area contributed by atoms with Gasteiger partial charge >= 0.3 is 5.97 Å². The molecule has 1 aromatic heterocycles. The van der Waals surface area contributed by atoms with Crippen LogP contribution in [0.15, 0.2) is 35.2 Å². The van der Waals surface area contributed by atoms with Crippen molar-refractivity contribution in [2.75, 3.05) is 56.9 Å². The third-order valence-corrected chi connectivity index (χ3v) is 6.38. The lowest BCUT2D eigenvalue weighted by molar-refractivity contribution is 0.0599. The number of carbonyl (C=O) groups is 1. The number of para-hydroxylation sites is 1. The van der Waals surface area contributed by atoms with Gasteiger partial charge in [-0.2, -0.15) is 0 Å². The molecule has 1 fully saturated rings. The van der Waals surface area contributed by atoms with Crippen LogP contribution in [0.4, 0.5) is 11.4 Å². The first-order valence-electron chi connectivity index (χ1n) is 10.1. The Balaban J connectivity index is 1.71. The summed E-state index contributed by atoms with van der Waals surface area (Å²) in [5.74, 6) is -0.0265. The van der Waals surface area contributed by atoms with Crippen LogP contribution in [0, 0.1) is 0 Å². The van der Waals surface area contributed by atoms with E-state index >= 15 is 0 Å². The fourth-order valence-corrected chi connectivity index (χ4v) is 4.48. The SMILES string of the molecule is CCc1nc(OC)c(NC(=S)N2CCN(c3ccccc3SC)CC2)cc1C(=O)OC. The number of nitrogens with one attached hydrogen (secondary N) is 1. The molecule has 1 N–H and O–H groups in total. The highest BCUT2D eigenvalue weighted by Gasteiger charge is 2.23. The Labute approximate surface area is 193 Å². The van der Waals surface area contributed by atoms with Gasteiger partial charge < -0.3 is 24.6 Å². The molecule has 7 nitrogen and oxygen atoms in total. The van der Waals surface area contributed by atoms with E-state index in [2.05, 4.69) is 50.6 Å². The van der Waals surface area contributed by atoms with Crippen molar-refractivity contribution in [1.82, 2.24) is 9.88 Å². The number of thiocarbonyl (C=S) groups is 1. The number of esters is 1. The fraction of sp³-hybridized carbons (Fsp3) is 0.409. The number of benzene rings is 1. The minimum Gasteiger partial charge on any atom is -0.480 e. The number of hydrogen-bond donors (Lipinski definition) is 1. The van der Waals surface area contributed by atoms with Gasteiger partial charge in [0.2, 0.25) is 5.88 Å². The van der Waals surface area contributed by atoms with E-state index in [9.17, 15) is 4.79 Å². The number of ether oxygens (including phenoxy) is 2. The quantitative estimate of drug-likeness (QED) is 0.395. The molecule has 3 rings (SSSR count). The molecule has 0 amide bonds. The maximum Gasteiger partial charge on any atom is 0.339 e. The van der Waals surface area contributed by atoms with E-state index in [1.807, 2.05) is 6.92 Å². The number of hydrogen-bond acceptors (Lipinski definition) is 7.